The monoisotopic (exact) mass is 355 g/mol. The van der Waals surface area contributed by atoms with E-state index >= 15 is 0 Å². The molecule has 20 heavy (non-hydrogen) atoms. The van der Waals surface area contributed by atoms with Crippen molar-refractivity contribution in [3.05, 3.63) is 70.0 Å². The number of halogens is 3. The van der Waals surface area contributed by atoms with Gasteiger partial charge in [0.25, 0.3) is 5.91 Å². The number of nitrogens with one attached hydrogen (secondary N) is 1. The first-order valence-corrected chi connectivity index (χ1v) is 7.47. The van der Waals surface area contributed by atoms with E-state index in [1.165, 1.54) is 12.1 Å². The second-order valence-corrected chi connectivity index (χ2v) is 5.23. The third-order valence-corrected chi connectivity index (χ3v) is 3.73. The summed E-state index contributed by atoms with van der Waals surface area (Å²) < 4.78 is 13.3. The molecule has 0 saturated carbocycles. The fourth-order valence-electron chi connectivity index (χ4n) is 1.74. The van der Waals surface area contributed by atoms with Crippen LogP contribution in [0.2, 0.25) is 5.02 Å². The fourth-order valence-corrected chi connectivity index (χ4v) is 2.21. The van der Waals surface area contributed by atoms with Gasteiger partial charge < -0.3 is 5.32 Å². The van der Waals surface area contributed by atoms with E-state index in [4.69, 9.17) is 11.6 Å². The summed E-state index contributed by atoms with van der Waals surface area (Å²) in [6.07, 6.45) is 0. The Bertz CT molecular complexity index is 633. The number of rotatable bonds is 4. The molecule has 0 aliphatic rings. The van der Waals surface area contributed by atoms with Gasteiger partial charge in [0.2, 0.25) is 0 Å². The minimum Gasteiger partial charge on any atom is -0.348 e. The minimum absolute atomic E-state index is 0.00609. The van der Waals surface area contributed by atoms with Crippen molar-refractivity contribution in [3.8, 4) is 0 Å². The second-order valence-electron chi connectivity index (χ2n) is 4.27. The Labute approximate surface area is 130 Å². The van der Waals surface area contributed by atoms with Gasteiger partial charge in [0, 0.05) is 17.4 Å². The Morgan fingerprint density at radius 3 is 2.65 bits per heavy atom. The van der Waals surface area contributed by atoms with Crippen molar-refractivity contribution in [2.24, 2.45) is 0 Å². The largest absolute Gasteiger partial charge is 0.348 e. The molecule has 0 saturated heterocycles. The van der Waals surface area contributed by atoms with Crippen LogP contribution < -0.4 is 5.32 Å². The molecule has 0 aliphatic carbocycles. The van der Waals surface area contributed by atoms with E-state index in [1.54, 1.807) is 0 Å². The summed E-state index contributed by atoms with van der Waals surface area (Å²) in [6.45, 7) is 0.393. The van der Waals surface area contributed by atoms with Crippen molar-refractivity contribution < 1.29 is 9.18 Å². The quantitative estimate of drug-likeness (QED) is 0.813. The lowest BCUT2D eigenvalue weighted by molar-refractivity contribution is 0.0950. The zero-order valence-electron chi connectivity index (χ0n) is 10.5. The van der Waals surface area contributed by atoms with Crippen LogP contribution in [0.25, 0.3) is 0 Å². The number of carbonyl (C=O) groups excluding carboxylic acids is 1. The summed E-state index contributed by atoms with van der Waals surface area (Å²) >= 11 is 8.96. The molecule has 0 unspecified atom stereocenters. The number of hydrogen-bond donors (Lipinski definition) is 1. The van der Waals surface area contributed by atoms with Gasteiger partial charge in [-0.1, -0.05) is 51.8 Å². The minimum atomic E-state index is -0.597. The van der Waals surface area contributed by atoms with E-state index in [0.717, 1.165) is 22.5 Å². The van der Waals surface area contributed by atoms with Crippen LogP contribution in [0.5, 0.6) is 0 Å². The first-order valence-electron chi connectivity index (χ1n) is 5.97. The molecule has 5 heteroatoms. The lowest BCUT2D eigenvalue weighted by atomic mass is 10.1. The van der Waals surface area contributed by atoms with E-state index in [1.807, 2.05) is 24.3 Å². The van der Waals surface area contributed by atoms with Gasteiger partial charge >= 0.3 is 0 Å². The van der Waals surface area contributed by atoms with E-state index < -0.39 is 5.82 Å². The lowest BCUT2D eigenvalue weighted by Crippen LogP contribution is -2.22. The molecule has 0 radical (unpaired) electrons. The third kappa shape index (κ3) is 3.81. The Kier molecular flexibility index (Phi) is 5.15. The highest BCUT2D eigenvalue weighted by Gasteiger charge is 2.08. The average Bonchev–Trinajstić information content (AvgIpc) is 2.47. The van der Waals surface area contributed by atoms with Crippen molar-refractivity contribution in [1.82, 2.24) is 5.32 Å². The van der Waals surface area contributed by atoms with Crippen LogP contribution in [0.1, 0.15) is 21.5 Å². The van der Waals surface area contributed by atoms with E-state index in [2.05, 4.69) is 21.2 Å². The van der Waals surface area contributed by atoms with Crippen molar-refractivity contribution in [1.29, 1.82) is 0 Å². The molecule has 2 rings (SSSR count). The van der Waals surface area contributed by atoms with E-state index in [9.17, 15) is 9.18 Å². The molecule has 104 valence electrons. The molecule has 0 spiro atoms. The number of amides is 1. The molecule has 0 atom stereocenters. The normalized spacial score (nSPS) is 10.3. The Balaban J connectivity index is 2.02. The maximum absolute atomic E-state index is 13.3. The third-order valence-electron chi connectivity index (χ3n) is 2.78. The predicted molar refractivity (Wildman–Crippen MR) is 81.7 cm³/mol. The van der Waals surface area contributed by atoms with Crippen LogP contribution in [-0.2, 0) is 11.9 Å². The molecule has 2 aromatic rings. The van der Waals surface area contributed by atoms with E-state index in [-0.39, 0.29) is 16.5 Å². The molecule has 0 bridgehead atoms. The topological polar surface area (TPSA) is 29.1 Å². The molecular weight excluding hydrogens is 345 g/mol. The van der Waals surface area contributed by atoms with Crippen molar-refractivity contribution in [2.45, 2.75) is 11.9 Å². The molecule has 1 amide bonds. The van der Waals surface area contributed by atoms with Crippen LogP contribution >= 0.6 is 27.5 Å². The summed E-state index contributed by atoms with van der Waals surface area (Å²) in [5.41, 5.74) is 2.38. The molecule has 2 nitrogen and oxygen atoms in total. The Morgan fingerprint density at radius 2 is 1.95 bits per heavy atom. The van der Waals surface area contributed by atoms with E-state index in [0.29, 0.717) is 6.54 Å². The highest BCUT2D eigenvalue weighted by Crippen LogP contribution is 2.15. The van der Waals surface area contributed by atoms with Gasteiger partial charge in [0.1, 0.15) is 5.82 Å². The maximum atomic E-state index is 13.3. The molecular formula is C15H12BrClFNO. The number of benzene rings is 2. The van der Waals surface area contributed by atoms with Gasteiger partial charge in [-0.2, -0.15) is 0 Å². The van der Waals surface area contributed by atoms with Gasteiger partial charge in [0.05, 0.1) is 5.02 Å². The Hall–Kier alpha value is -1.39. The van der Waals surface area contributed by atoms with Gasteiger partial charge in [-0.15, -0.1) is 0 Å². The summed E-state index contributed by atoms with van der Waals surface area (Å²) in [6, 6.07) is 11.8. The molecule has 2 aromatic carbocycles. The van der Waals surface area contributed by atoms with Gasteiger partial charge in [-0.3, -0.25) is 4.79 Å². The molecule has 0 heterocycles. The highest BCUT2D eigenvalue weighted by atomic mass is 79.9. The zero-order valence-corrected chi connectivity index (χ0v) is 12.8. The molecule has 0 aromatic heterocycles. The van der Waals surface area contributed by atoms with Crippen molar-refractivity contribution in [3.63, 3.8) is 0 Å². The standard InChI is InChI=1S/C15H12BrClFNO/c16-8-10-2-1-3-11(6-10)9-19-15(20)12-4-5-13(17)14(18)7-12/h1-7H,8-9H2,(H,19,20). The predicted octanol–water partition coefficient (Wildman–Crippen LogP) is 4.30. The van der Waals surface area contributed by atoms with Crippen molar-refractivity contribution in [2.75, 3.05) is 0 Å². The van der Waals surface area contributed by atoms with Crippen molar-refractivity contribution >= 4 is 33.4 Å². The average molecular weight is 357 g/mol. The van der Waals surface area contributed by atoms with Gasteiger partial charge in [-0.25, -0.2) is 4.39 Å². The first-order chi connectivity index (χ1) is 9.60. The van der Waals surface area contributed by atoms with Gasteiger partial charge in [0.15, 0.2) is 0 Å². The molecule has 1 N–H and O–H groups in total. The van der Waals surface area contributed by atoms with Gasteiger partial charge in [-0.05, 0) is 29.3 Å². The molecule has 0 aliphatic heterocycles. The van der Waals surface area contributed by atoms with Crippen LogP contribution in [-0.4, -0.2) is 5.91 Å². The zero-order chi connectivity index (χ0) is 14.5. The second kappa shape index (κ2) is 6.86. The van der Waals surface area contributed by atoms with Crippen LogP contribution in [0.15, 0.2) is 42.5 Å². The summed E-state index contributed by atoms with van der Waals surface area (Å²) in [5.74, 6) is -0.926. The Morgan fingerprint density at radius 1 is 1.20 bits per heavy atom. The number of alkyl halides is 1. The van der Waals surface area contributed by atoms with Crippen LogP contribution in [0, 0.1) is 5.82 Å². The summed E-state index contributed by atoms with van der Waals surface area (Å²) in [7, 11) is 0. The highest BCUT2D eigenvalue weighted by molar-refractivity contribution is 9.08. The molecule has 0 fully saturated rings. The van der Waals surface area contributed by atoms with Crippen LogP contribution in [0.3, 0.4) is 0 Å². The van der Waals surface area contributed by atoms with Crippen LogP contribution in [0.4, 0.5) is 4.39 Å². The summed E-state index contributed by atoms with van der Waals surface area (Å²) in [4.78, 5) is 11.9. The SMILES string of the molecule is O=C(NCc1cccc(CBr)c1)c1ccc(Cl)c(F)c1. The smallest absolute Gasteiger partial charge is 0.251 e. The number of hydrogen-bond acceptors (Lipinski definition) is 1. The fraction of sp³-hybridized carbons (Fsp3) is 0.133. The maximum Gasteiger partial charge on any atom is 0.251 e. The lowest BCUT2D eigenvalue weighted by Gasteiger charge is -2.07. The number of carbonyl (C=O) groups is 1. The first kappa shape index (κ1) is 15.0. The summed E-state index contributed by atoms with van der Waals surface area (Å²) in [5, 5.41) is 3.52.